The number of azide groups is 2. The number of aryl methyl sites for hydroxylation is 3. The number of amides is 3. The van der Waals surface area contributed by atoms with Crippen LogP contribution in [0.5, 0.6) is 11.5 Å². The zero-order chi connectivity index (χ0) is 91.2. The summed E-state index contributed by atoms with van der Waals surface area (Å²) in [6.07, 6.45) is 2.44. The predicted octanol–water partition coefficient (Wildman–Crippen LogP) is 10.5. The second kappa shape index (κ2) is 61.8. The number of Topliss-reactive ketones (excluding diaryl/α,β-unsaturated/α-hetero) is 2. The molecule has 0 bridgehead atoms. The van der Waals surface area contributed by atoms with E-state index in [4.69, 9.17) is 81.5 Å². The molecule has 2 atom stereocenters. The number of fused-ring (bicyclic) bond motifs is 2. The Morgan fingerprint density at radius 1 is 0.539 bits per heavy atom. The monoisotopic (exact) mass is 1790 g/mol. The number of oxazole rings is 2. The van der Waals surface area contributed by atoms with Gasteiger partial charge in [0.2, 0.25) is 18.1 Å². The van der Waals surface area contributed by atoms with Gasteiger partial charge in [0.15, 0.2) is 46.6 Å². The number of aromatic nitrogens is 4. The Morgan fingerprint density at radius 2 is 0.945 bits per heavy atom. The number of rotatable bonds is 58. The number of carbonyl (C=O) groups is 8. The fourth-order valence-electron chi connectivity index (χ4n) is 12.0. The van der Waals surface area contributed by atoms with Gasteiger partial charge in [-0.15, -0.1) is 0 Å². The molecule has 3 amide bonds. The van der Waals surface area contributed by atoms with Gasteiger partial charge in [0.05, 0.1) is 139 Å². The minimum atomic E-state index is -4.64. The standard InChI is InChI=1S/C45H59N7O12.C40H50N6O10.C2HF3O.Li.H2O/c1-32-14-15-47-39(27-32)52(44(56)64-45(2,3)4)17-6-7-40(54)48-30-36(53)28-35(29-41(55)57-5)33-8-10-34(11-9-33)37-12-13-38(42-43(37)63-31-49-42)62-26-25-61-24-23-60-22-21-59-20-19-58-18-16-50-51-46;1-29-12-13-42-33(24-29)4-2-3-5-37(48)43-27-34(47)25-32(26-38(49)50)30-6-8-31(9-7-30)35-10-11-36(39-40(35)56-28-44-39)55-23-22-54-21-20-53-19-18-52-17-16-51-15-14-45-46-41;3-2(4,5)1-6;;/h8-15,27,31,35H,6-7,16-26,28-30H2,1-5H3,(H,48,54);6-13,24,28,32H,2-5,14-23,25-27H2,1H3,(H,43,48)(H,49,50);1H;;1H2/q;;;+1;/p-1/t35-;32-;;;/m00.../s1. The van der Waals surface area contributed by atoms with E-state index in [0.717, 1.165) is 57.5 Å². The van der Waals surface area contributed by atoms with E-state index in [1.807, 2.05) is 105 Å². The van der Waals surface area contributed by atoms with Crippen LogP contribution in [0.3, 0.4) is 0 Å². The predicted molar refractivity (Wildman–Crippen MR) is 456 cm³/mol. The number of alkyl halides is 3. The van der Waals surface area contributed by atoms with Crippen LogP contribution in [0, 0.1) is 13.8 Å². The number of carboxylic acids is 1. The molecule has 8 aromatic rings. The zero-order valence-electron chi connectivity index (χ0n) is 73.0. The first-order valence-corrected chi connectivity index (χ1v) is 40.8. The number of pyridine rings is 2. The minimum absolute atomic E-state index is 0. The molecule has 0 saturated carbocycles. The number of unbranched alkanes of at least 4 members (excludes halogenated alkanes) is 1. The van der Waals surface area contributed by atoms with Gasteiger partial charge in [0.1, 0.15) is 36.1 Å². The fraction of sp³-hybridized carbons (Fsp3) is 0.494. The van der Waals surface area contributed by atoms with Gasteiger partial charge in [-0.25, -0.2) is 19.7 Å². The zero-order valence-corrected chi connectivity index (χ0v) is 73.0. The van der Waals surface area contributed by atoms with Crippen LogP contribution in [-0.2, 0) is 87.4 Å². The minimum Gasteiger partial charge on any atom is -0.870 e. The summed E-state index contributed by atoms with van der Waals surface area (Å²) in [5.41, 5.74) is 25.6. The van der Waals surface area contributed by atoms with Crippen molar-refractivity contribution in [1.29, 1.82) is 0 Å². The summed E-state index contributed by atoms with van der Waals surface area (Å²) in [6.45, 7) is 16.6. The number of halogens is 3. The molecule has 0 fully saturated rings. The Hall–Kier alpha value is -11.5. The second-order valence-electron chi connectivity index (χ2n) is 29.0. The van der Waals surface area contributed by atoms with Crippen LogP contribution < -0.4 is 43.9 Å². The summed E-state index contributed by atoms with van der Waals surface area (Å²) in [5, 5.41) is 21.7. The van der Waals surface area contributed by atoms with Crippen LogP contribution in [0.2, 0.25) is 0 Å². The molecule has 128 heavy (non-hydrogen) atoms. The Kier molecular flexibility index (Phi) is 52.6. The van der Waals surface area contributed by atoms with Crippen LogP contribution in [-0.4, -0.2) is 249 Å². The van der Waals surface area contributed by atoms with Gasteiger partial charge in [0, 0.05) is 96.2 Å². The van der Waals surface area contributed by atoms with E-state index in [9.17, 15) is 51.8 Å². The SMILES string of the molecule is COC(=O)C[C@H](CC(=O)CNC(=O)CCCN(C(=O)OC(C)(C)C)c1cc(C)ccn1)c1ccc(-c2ccc(OCCOCCOCCOCCOCCN=[N+]=[N-])c3ncoc23)cc1.Cc1ccnc(CCCCC(=O)NCC(=O)C[C@@H](CC(=O)O)c2ccc(-c3ccc(OCCOCCOCCOCCOCCN=[N+]=[N-])c4ncoc34)cc2)c1.O=CC(F)(F)F.[Li+].[OH-]. The normalized spacial score (nSPS) is 11.4. The molecular formula is C87H111F3LiN13O24. The van der Waals surface area contributed by atoms with Crippen LogP contribution in [0.25, 0.3) is 65.3 Å². The quantitative estimate of drug-likeness (QED) is 0.00606. The summed E-state index contributed by atoms with van der Waals surface area (Å²) >= 11 is 0. The molecule has 4 aromatic carbocycles. The Labute approximate surface area is 750 Å². The van der Waals surface area contributed by atoms with E-state index in [1.54, 1.807) is 39.2 Å². The number of nitrogens with one attached hydrogen (secondary N) is 2. The van der Waals surface area contributed by atoms with Gasteiger partial charge in [-0.3, -0.25) is 43.4 Å². The Bertz CT molecular complexity index is 4760. The summed E-state index contributed by atoms with van der Waals surface area (Å²) in [6, 6.07) is 29.7. The maximum Gasteiger partial charge on any atom is 1.00 e. The molecule has 0 spiro atoms. The molecule has 0 unspecified atom stereocenters. The van der Waals surface area contributed by atoms with Gasteiger partial charge in [-0.2, -0.15) is 13.2 Å². The molecule has 0 aliphatic heterocycles. The third kappa shape index (κ3) is 43.8. The Balaban J connectivity index is 0.000000500. The second-order valence-corrected chi connectivity index (χ2v) is 29.0. The number of carbonyl (C=O) groups excluding carboxylic acids is 7. The number of ketones is 2. The number of esters is 1. The van der Waals surface area contributed by atoms with Gasteiger partial charge in [0.25, 0.3) is 0 Å². The van der Waals surface area contributed by atoms with Crippen molar-refractivity contribution in [2.75, 3.05) is 164 Å². The van der Waals surface area contributed by atoms with Crippen LogP contribution >= 0.6 is 0 Å². The number of aldehydes is 1. The third-order valence-corrected chi connectivity index (χ3v) is 18.0. The van der Waals surface area contributed by atoms with Crippen LogP contribution in [0.4, 0.5) is 23.8 Å². The number of benzene rings is 4. The fourth-order valence-corrected chi connectivity index (χ4v) is 12.0. The summed E-state index contributed by atoms with van der Waals surface area (Å²) in [5.74, 6) is -2.11. The van der Waals surface area contributed by atoms with Crippen molar-refractivity contribution in [1.82, 2.24) is 30.6 Å². The average molecular weight is 1790 g/mol. The molecule has 0 saturated heterocycles. The number of carboxylic acid groups (broad SMARTS) is 1. The van der Waals surface area contributed by atoms with Crippen molar-refractivity contribution in [3.63, 3.8) is 0 Å². The van der Waals surface area contributed by atoms with Gasteiger partial charge >= 0.3 is 43.1 Å². The number of anilines is 1. The van der Waals surface area contributed by atoms with E-state index in [-0.39, 0.29) is 106 Å². The molecule has 41 heteroatoms. The molecule has 690 valence electrons. The first kappa shape index (κ1) is 109. The first-order chi connectivity index (χ1) is 60.8. The van der Waals surface area contributed by atoms with E-state index in [1.165, 1.54) is 24.8 Å². The topological polar surface area (TPSA) is 500 Å². The molecule has 0 aliphatic carbocycles. The van der Waals surface area contributed by atoms with E-state index in [0.29, 0.717) is 190 Å². The van der Waals surface area contributed by atoms with Crippen molar-refractivity contribution in [2.24, 2.45) is 10.2 Å². The average Bonchev–Trinajstić information content (AvgIpc) is 1.62. The van der Waals surface area contributed by atoms with Crippen LogP contribution in [0.15, 0.2) is 141 Å². The molecule has 0 radical (unpaired) electrons. The van der Waals surface area contributed by atoms with Gasteiger partial charge in [-0.1, -0.05) is 58.8 Å². The van der Waals surface area contributed by atoms with E-state index < -0.39 is 47.9 Å². The number of nitrogens with zero attached hydrogens (tertiary/aromatic N) is 11. The van der Waals surface area contributed by atoms with E-state index >= 15 is 0 Å². The van der Waals surface area contributed by atoms with Gasteiger partial charge in [-0.05, 0) is 153 Å². The molecular weight excluding hydrogens is 1670 g/mol. The molecule has 8 rings (SSSR count). The van der Waals surface area contributed by atoms with E-state index in [2.05, 4.69) is 50.6 Å². The van der Waals surface area contributed by atoms with Crippen molar-refractivity contribution >= 4 is 75.7 Å². The summed E-state index contributed by atoms with van der Waals surface area (Å²) < 4.78 is 109. The van der Waals surface area contributed by atoms with Crippen molar-refractivity contribution in [3.05, 3.63) is 171 Å². The Morgan fingerprint density at radius 3 is 1.34 bits per heavy atom. The molecule has 4 aromatic heterocycles. The van der Waals surface area contributed by atoms with Crippen LogP contribution in [0.1, 0.15) is 118 Å². The maximum atomic E-state index is 13.2. The number of methoxy groups -OCH3 is 1. The van der Waals surface area contributed by atoms with Crippen molar-refractivity contribution < 1.29 is 147 Å². The largest absolute Gasteiger partial charge is 1.00 e. The third-order valence-electron chi connectivity index (χ3n) is 18.0. The van der Waals surface area contributed by atoms with Crippen molar-refractivity contribution in [3.8, 4) is 33.8 Å². The maximum absolute atomic E-state index is 13.2. The summed E-state index contributed by atoms with van der Waals surface area (Å²) in [7, 11) is 1.29. The number of hydrogen-bond donors (Lipinski definition) is 3. The molecule has 4 N–H and O–H groups in total. The summed E-state index contributed by atoms with van der Waals surface area (Å²) in [4.78, 5) is 121. The van der Waals surface area contributed by atoms with Crippen molar-refractivity contribution in [2.45, 2.75) is 122 Å². The molecule has 4 heterocycles. The number of hydrogen-bond acceptors (Lipinski definition) is 29. The van der Waals surface area contributed by atoms with Gasteiger partial charge < -0.3 is 86.9 Å². The molecule has 0 aliphatic rings. The molecule has 37 nitrogen and oxygen atoms in total. The number of aliphatic carboxylic acids is 1. The first-order valence-electron chi connectivity index (χ1n) is 40.8. The smallest absolute Gasteiger partial charge is 0.870 e. The number of ether oxygens (including phenoxy) is 12.